The van der Waals surface area contributed by atoms with Gasteiger partial charge in [-0.25, -0.2) is 4.39 Å². The molecule has 0 saturated heterocycles. The fourth-order valence-corrected chi connectivity index (χ4v) is 3.63. The number of rotatable bonds is 5. The highest BCUT2D eigenvalue weighted by molar-refractivity contribution is 5.42. The highest BCUT2D eigenvalue weighted by Crippen LogP contribution is 2.38. The molecule has 2 aromatic carbocycles. The number of nitrogens with two attached hydrogens (primary N) is 1. The molecule has 2 nitrogen and oxygen atoms in total. The molecule has 0 atom stereocenters. The Bertz CT molecular complexity index is 737. The van der Waals surface area contributed by atoms with Crippen LogP contribution in [0, 0.1) is 11.7 Å². The quantitative estimate of drug-likeness (QED) is 0.640. The van der Waals surface area contributed by atoms with Crippen molar-refractivity contribution in [2.24, 2.45) is 5.92 Å². The Labute approximate surface area is 152 Å². The van der Waals surface area contributed by atoms with Crippen LogP contribution in [0.1, 0.15) is 56.1 Å². The van der Waals surface area contributed by atoms with Crippen LogP contribution in [-0.2, 0) is 6.11 Å². The number of alkyl halides is 2. The van der Waals surface area contributed by atoms with Gasteiger partial charge >= 0.3 is 6.11 Å². The van der Waals surface area contributed by atoms with E-state index in [2.05, 4.69) is 6.92 Å². The monoisotopic (exact) mass is 363 g/mol. The van der Waals surface area contributed by atoms with Crippen LogP contribution >= 0.6 is 0 Å². The van der Waals surface area contributed by atoms with Crippen LogP contribution in [0.2, 0.25) is 0 Å². The Morgan fingerprint density at radius 3 is 2.27 bits per heavy atom. The van der Waals surface area contributed by atoms with Gasteiger partial charge in [-0.2, -0.15) is 8.78 Å². The minimum atomic E-state index is -3.63. The van der Waals surface area contributed by atoms with Gasteiger partial charge in [0.05, 0.1) is 11.3 Å². The molecule has 1 aliphatic rings. The van der Waals surface area contributed by atoms with Gasteiger partial charge in [-0.3, -0.25) is 0 Å². The molecule has 0 radical (unpaired) electrons. The lowest BCUT2D eigenvalue weighted by Crippen LogP contribution is -2.22. The molecule has 0 aromatic heterocycles. The molecule has 0 amide bonds. The van der Waals surface area contributed by atoms with Crippen molar-refractivity contribution >= 4 is 5.69 Å². The summed E-state index contributed by atoms with van der Waals surface area (Å²) in [4.78, 5) is 0. The van der Waals surface area contributed by atoms with Crippen LogP contribution in [0.5, 0.6) is 5.75 Å². The normalized spacial score (nSPS) is 20.8. The Hall–Kier alpha value is -2.17. The number of halogens is 3. The van der Waals surface area contributed by atoms with Crippen molar-refractivity contribution in [3.63, 3.8) is 0 Å². The molecule has 1 aliphatic carbocycles. The van der Waals surface area contributed by atoms with Crippen molar-refractivity contribution in [3.8, 4) is 5.75 Å². The Morgan fingerprint density at radius 1 is 1.04 bits per heavy atom. The van der Waals surface area contributed by atoms with Crippen LogP contribution in [0.25, 0.3) is 0 Å². The van der Waals surface area contributed by atoms with Gasteiger partial charge in [0.25, 0.3) is 0 Å². The molecule has 0 spiro atoms. The van der Waals surface area contributed by atoms with E-state index in [-0.39, 0.29) is 11.4 Å². The zero-order chi connectivity index (χ0) is 18.7. The zero-order valence-corrected chi connectivity index (χ0v) is 14.9. The van der Waals surface area contributed by atoms with E-state index in [0.717, 1.165) is 36.5 Å². The second-order valence-corrected chi connectivity index (χ2v) is 7.05. The fourth-order valence-electron chi connectivity index (χ4n) is 3.63. The lowest BCUT2D eigenvalue weighted by molar-refractivity contribution is -0.185. The summed E-state index contributed by atoms with van der Waals surface area (Å²) in [7, 11) is 0. The second-order valence-electron chi connectivity index (χ2n) is 7.05. The fraction of sp³-hybridized carbons (Fsp3) is 0.429. The van der Waals surface area contributed by atoms with Crippen molar-refractivity contribution in [1.82, 2.24) is 0 Å². The SMILES string of the molecule is CCC1CCC(c2ccc(OC(F)(F)c3ccc(N)c(F)c3)cc2)CC1. The van der Waals surface area contributed by atoms with Crippen molar-refractivity contribution in [3.05, 3.63) is 59.4 Å². The van der Waals surface area contributed by atoms with E-state index in [0.29, 0.717) is 12.0 Å². The molecule has 0 heterocycles. The molecule has 0 unspecified atom stereocenters. The molecule has 5 heteroatoms. The summed E-state index contributed by atoms with van der Waals surface area (Å²) in [6, 6.07) is 9.70. The molecular weight excluding hydrogens is 339 g/mol. The summed E-state index contributed by atoms with van der Waals surface area (Å²) in [5.74, 6) is 0.466. The number of hydrogen-bond donors (Lipinski definition) is 1. The third-order valence-electron chi connectivity index (χ3n) is 5.36. The number of nitrogen functional groups attached to an aromatic ring is 1. The minimum Gasteiger partial charge on any atom is -0.429 e. The van der Waals surface area contributed by atoms with Gasteiger partial charge in [-0.15, -0.1) is 0 Å². The van der Waals surface area contributed by atoms with Crippen molar-refractivity contribution < 1.29 is 17.9 Å². The standard InChI is InChI=1S/C21H24F3NO/c1-2-14-3-5-15(6-4-14)16-7-10-18(11-8-16)26-21(23,24)17-9-12-20(25)19(22)13-17/h7-15H,2-6,25H2,1H3. The van der Waals surface area contributed by atoms with Crippen molar-refractivity contribution in [2.75, 3.05) is 5.73 Å². The lowest BCUT2D eigenvalue weighted by atomic mass is 9.78. The van der Waals surface area contributed by atoms with E-state index in [1.54, 1.807) is 12.1 Å². The number of anilines is 1. The lowest BCUT2D eigenvalue weighted by Gasteiger charge is -2.28. The molecule has 3 rings (SSSR count). The van der Waals surface area contributed by atoms with E-state index < -0.39 is 17.5 Å². The maximum atomic E-state index is 14.3. The molecular formula is C21H24F3NO. The molecule has 26 heavy (non-hydrogen) atoms. The molecule has 2 aromatic rings. The topological polar surface area (TPSA) is 35.2 Å². The van der Waals surface area contributed by atoms with Gasteiger partial charge < -0.3 is 10.5 Å². The van der Waals surface area contributed by atoms with E-state index in [4.69, 9.17) is 10.5 Å². The largest absolute Gasteiger partial charge is 0.429 e. The smallest absolute Gasteiger partial charge is 0.426 e. The maximum absolute atomic E-state index is 14.3. The average Bonchev–Trinajstić information content (AvgIpc) is 2.64. The summed E-state index contributed by atoms with van der Waals surface area (Å²) in [6.07, 6.45) is 2.31. The van der Waals surface area contributed by atoms with E-state index in [1.807, 2.05) is 12.1 Å². The maximum Gasteiger partial charge on any atom is 0.426 e. The molecule has 0 bridgehead atoms. The van der Waals surface area contributed by atoms with Crippen LogP contribution < -0.4 is 10.5 Å². The first-order chi connectivity index (χ1) is 12.4. The molecule has 140 valence electrons. The Balaban J connectivity index is 1.67. The van der Waals surface area contributed by atoms with Crippen LogP contribution in [0.3, 0.4) is 0 Å². The second kappa shape index (κ2) is 7.60. The third kappa shape index (κ3) is 4.14. The first-order valence-corrected chi connectivity index (χ1v) is 9.11. The van der Waals surface area contributed by atoms with Gasteiger partial charge in [0.15, 0.2) is 0 Å². The first-order valence-electron chi connectivity index (χ1n) is 9.11. The van der Waals surface area contributed by atoms with E-state index in [9.17, 15) is 13.2 Å². The summed E-state index contributed by atoms with van der Waals surface area (Å²) < 4.78 is 46.8. The van der Waals surface area contributed by atoms with Crippen LogP contribution in [-0.4, -0.2) is 0 Å². The van der Waals surface area contributed by atoms with Crippen LogP contribution in [0.4, 0.5) is 18.9 Å². The minimum absolute atomic E-state index is 0.0539. The molecule has 2 N–H and O–H groups in total. The van der Waals surface area contributed by atoms with E-state index >= 15 is 0 Å². The van der Waals surface area contributed by atoms with Gasteiger partial charge in [-0.1, -0.05) is 25.5 Å². The first kappa shape index (κ1) is 18.6. The molecule has 0 aliphatic heterocycles. The Morgan fingerprint density at radius 2 is 1.69 bits per heavy atom. The predicted molar refractivity (Wildman–Crippen MR) is 96.8 cm³/mol. The van der Waals surface area contributed by atoms with Gasteiger partial charge in [-0.05, 0) is 73.4 Å². The number of benzene rings is 2. The predicted octanol–water partition coefficient (Wildman–Crippen LogP) is 6.22. The average molecular weight is 363 g/mol. The molecule has 1 fully saturated rings. The summed E-state index contributed by atoms with van der Waals surface area (Å²) in [6.45, 7) is 2.23. The van der Waals surface area contributed by atoms with Gasteiger partial charge in [0.1, 0.15) is 11.6 Å². The van der Waals surface area contributed by atoms with Crippen LogP contribution in [0.15, 0.2) is 42.5 Å². The third-order valence-corrected chi connectivity index (χ3v) is 5.36. The zero-order valence-electron chi connectivity index (χ0n) is 14.9. The van der Waals surface area contributed by atoms with Crippen molar-refractivity contribution in [2.45, 2.75) is 51.1 Å². The number of ether oxygens (including phenoxy) is 1. The van der Waals surface area contributed by atoms with Gasteiger partial charge in [0.2, 0.25) is 0 Å². The summed E-state index contributed by atoms with van der Waals surface area (Å²) in [5, 5.41) is 0. The summed E-state index contributed by atoms with van der Waals surface area (Å²) >= 11 is 0. The Kier molecular flexibility index (Phi) is 5.44. The number of hydrogen-bond acceptors (Lipinski definition) is 2. The highest BCUT2D eigenvalue weighted by atomic mass is 19.3. The highest BCUT2D eigenvalue weighted by Gasteiger charge is 2.35. The summed E-state index contributed by atoms with van der Waals surface area (Å²) in [5.41, 5.74) is 5.75. The van der Waals surface area contributed by atoms with E-state index in [1.165, 1.54) is 19.3 Å². The van der Waals surface area contributed by atoms with Crippen molar-refractivity contribution in [1.29, 1.82) is 0 Å². The molecule has 1 saturated carbocycles. The van der Waals surface area contributed by atoms with Gasteiger partial charge in [0, 0.05) is 0 Å².